The van der Waals surface area contributed by atoms with Crippen LogP contribution in [0.2, 0.25) is 5.02 Å². The van der Waals surface area contributed by atoms with Crippen LogP contribution < -0.4 is 5.32 Å². The molecule has 1 amide bonds. The Kier molecular flexibility index (Phi) is 5.47. The molecule has 1 N–H and O–H groups in total. The van der Waals surface area contributed by atoms with Crippen molar-refractivity contribution in [1.82, 2.24) is 9.55 Å². The Bertz CT molecular complexity index is 1050. The van der Waals surface area contributed by atoms with Gasteiger partial charge in [-0.1, -0.05) is 11.6 Å². The molecule has 0 saturated carbocycles. The molecule has 3 aromatic rings. The van der Waals surface area contributed by atoms with E-state index in [1.807, 2.05) is 6.07 Å². The molecule has 8 nitrogen and oxygen atoms in total. The Morgan fingerprint density at radius 2 is 2.07 bits per heavy atom. The molecular weight excluding hydrogens is 384 g/mol. The molecule has 0 aromatic carbocycles. The summed E-state index contributed by atoms with van der Waals surface area (Å²) < 4.78 is 12.4. The van der Waals surface area contributed by atoms with Crippen LogP contribution in [0.1, 0.15) is 28.6 Å². The fraction of sp³-hybridized carbons (Fsp3) is 0.158. The van der Waals surface area contributed by atoms with Crippen LogP contribution in [0.25, 0.3) is 5.88 Å². The third kappa shape index (κ3) is 3.89. The van der Waals surface area contributed by atoms with Crippen molar-refractivity contribution in [1.29, 1.82) is 5.26 Å². The lowest BCUT2D eigenvalue weighted by atomic mass is 10.1. The summed E-state index contributed by atoms with van der Waals surface area (Å²) in [6, 6.07) is 8.57. The van der Waals surface area contributed by atoms with Gasteiger partial charge in [-0.2, -0.15) is 5.26 Å². The van der Waals surface area contributed by atoms with E-state index in [0.29, 0.717) is 5.02 Å². The molecule has 0 unspecified atom stereocenters. The maximum Gasteiger partial charge on any atom is 0.343 e. The Hall–Kier alpha value is -3.57. The van der Waals surface area contributed by atoms with E-state index in [4.69, 9.17) is 20.8 Å². The van der Waals surface area contributed by atoms with Gasteiger partial charge in [0.1, 0.15) is 28.8 Å². The number of carbonyl (C=O) groups excluding carboxylic acids is 2. The third-order valence-electron chi connectivity index (χ3n) is 3.85. The lowest BCUT2D eigenvalue weighted by Crippen LogP contribution is -2.30. The minimum Gasteiger partial charge on any atom is -0.449 e. The smallest absolute Gasteiger partial charge is 0.343 e. The van der Waals surface area contributed by atoms with Crippen LogP contribution >= 0.6 is 11.6 Å². The van der Waals surface area contributed by atoms with Crippen LogP contribution in [0.4, 0.5) is 5.82 Å². The minimum absolute atomic E-state index is 0.0181. The average molecular weight is 399 g/mol. The van der Waals surface area contributed by atoms with Crippen molar-refractivity contribution in [2.75, 3.05) is 5.32 Å². The molecule has 9 heteroatoms. The molecule has 3 rings (SSSR count). The number of carbonyl (C=O) groups is 2. The first-order valence-corrected chi connectivity index (χ1v) is 8.58. The zero-order valence-electron chi connectivity index (χ0n) is 15.0. The monoisotopic (exact) mass is 398 g/mol. The van der Waals surface area contributed by atoms with Crippen LogP contribution in [0.3, 0.4) is 0 Å². The van der Waals surface area contributed by atoms with Crippen LogP contribution in [0, 0.1) is 18.3 Å². The van der Waals surface area contributed by atoms with Gasteiger partial charge in [-0.3, -0.25) is 9.36 Å². The Balaban J connectivity index is 1.76. The Morgan fingerprint density at radius 1 is 1.36 bits per heavy atom. The summed E-state index contributed by atoms with van der Waals surface area (Å²) in [6.07, 6.45) is 3.62. The van der Waals surface area contributed by atoms with E-state index in [-0.39, 0.29) is 28.6 Å². The van der Waals surface area contributed by atoms with Gasteiger partial charge < -0.3 is 14.5 Å². The van der Waals surface area contributed by atoms with Crippen molar-refractivity contribution in [3.05, 3.63) is 64.8 Å². The number of hydrogen-bond acceptors (Lipinski definition) is 6. The molecule has 3 heterocycles. The van der Waals surface area contributed by atoms with Gasteiger partial charge in [0.25, 0.3) is 5.91 Å². The number of nitriles is 1. The summed E-state index contributed by atoms with van der Waals surface area (Å²) in [6.45, 7) is 2.96. The summed E-state index contributed by atoms with van der Waals surface area (Å²) in [5, 5.41) is 12.4. The zero-order chi connectivity index (χ0) is 20.3. The molecule has 28 heavy (non-hydrogen) atoms. The minimum atomic E-state index is -1.12. The number of pyridine rings is 1. The van der Waals surface area contributed by atoms with Gasteiger partial charge in [0, 0.05) is 18.6 Å². The molecule has 3 aromatic heterocycles. The van der Waals surface area contributed by atoms with Crippen molar-refractivity contribution < 1.29 is 18.7 Å². The number of aromatic nitrogens is 2. The number of nitrogens with zero attached hydrogens (tertiary/aromatic N) is 3. The van der Waals surface area contributed by atoms with Crippen molar-refractivity contribution in [3.63, 3.8) is 0 Å². The molecule has 142 valence electrons. The van der Waals surface area contributed by atoms with Crippen LogP contribution in [0.5, 0.6) is 0 Å². The number of hydrogen-bond donors (Lipinski definition) is 1. The topological polar surface area (TPSA) is 110 Å². The largest absolute Gasteiger partial charge is 0.449 e. The standard InChI is InChI=1S/C19H15ClN4O4/c1-11-16(14(9-21)18(27-11)24-7-3-4-8-24)19(26)28-12(2)17(25)23-15-6-5-13(20)10-22-15/h3-8,10,12H,1-2H3,(H,22,23,25)/t12-/m0/s1. The molecule has 0 aliphatic rings. The fourth-order valence-electron chi connectivity index (χ4n) is 2.48. The lowest BCUT2D eigenvalue weighted by Gasteiger charge is -2.13. The predicted molar refractivity (Wildman–Crippen MR) is 100 cm³/mol. The molecule has 0 aliphatic heterocycles. The fourth-order valence-corrected chi connectivity index (χ4v) is 2.59. The summed E-state index contributed by atoms with van der Waals surface area (Å²) >= 11 is 5.75. The summed E-state index contributed by atoms with van der Waals surface area (Å²) in [5.41, 5.74) is 0.0149. The number of esters is 1. The van der Waals surface area contributed by atoms with E-state index < -0.39 is 18.0 Å². The summed E-state index contributed by atoms with van der Waals surface area (Å²) in [7, 11) is 0. The highest BCUT2D eigenvalue weighted by Gasteiger charge is 2.28. The molecule has 0 spiro atoms. The van der Waals surface area contributed by atoms with Gasteiger partial charge in [-0.25, -0.2) is 9.78 Å². The maximum absolute atomic E-state index is 12.6. The first-order valence-electron chi connectivity index (χ1n) is 8.21. The molecule has 0 fully saturated rings. The van der Waals surface area contributed by atoms with E-state index in [9.17, 15) is 14.9 Å². The van der Waals surface area contributed by atoms with E-state index in [1.165, 1.54) is 19.2 Å². The number of halogens is 1. The highest BCUT2D eigenvalue weighted by molar-refractivity contribution is 6.30. The van der Waals surface area contributed by atoms with Crippen molar-refractivity contribution in [3.8, 4) is 12.0 Å². The van der Waals surface area contributed by atoms with E-state index in [2.05, 4.69) is 10.3 Å². The Morgan fingerprint density at radius 3 is 2.68 bits per heavy atom. The summed E-state index contributed by atoms with van der Waals surface area (Å²) in [5.74, 6) is -0.711. The quantitative estimate of drug-likeness (QED) is 0.659. The van der Waals surface area contributed by atoms with Gasteiger partial charge in [-0.15, -0.1) is 0 Å². The normalized spacial score (nSPS) is 11.5. The first-order chi connectivity index (χ1) is 13.4. The Labute approximate surface area is 165 Å². The van der Waals surface area contributed by atoms with Crippen LogP contribution in [0.15, 0.2) is 47.3 Å². The van der Waals surface area contributed by atoms with Gasteiger partial charge in [0.05, 0.1) is 5.02 Å². The van der Waals surface area contributed by atoms with Crippen molar-refractivity contribution in [2.24, 2.45) is 0 Å². The number of furan rings is 1. The third-order valence-corrected chi connectivity index (χ3v) is 4.08. The zero-order valence-corrected chi connectivity index (χ0v) is 15.7. The van der Waals surface area contributed by atoms with Crippen LogP contribution in [-0.4, -0.2) is 27.5 Å². The average Bonchev–Trinajstić information content (AvgIpc) is 3.30. The number of amides is 1. The van der Waals surface area contributed by atoms with E-state index >= 15 is 0 Å². The molecular formula is C19H15ClN4O4. The highest BCUT2D eigenvalue weighted by atomic mass is 35.5. The first kappa shape index (κ1) is 19.2. The second kappa shape index (κ2) is 7.98. The van der Waals surface area contributed by atoms with Gasteiger partial charge in [0.2, 0.25) is 5.88 Å². The van der Waals surface area contributed by atoms with Crippen molar-refractivity contribution >= 4 is 29.3 Å². The maximum atomic E-state index is 12.6. The number of rotatable bonds is 5. The molecule has 0 aliphatic carbocycles. The van der Waals surface area contributed by atoms with Crippen molar-refractivity contribution in [2.45, 2.75) is 20.0 Å². The number of aryl methyl sites for hydroxylation is 1. The SMILES string of the molecule is Cc1oc(-n2cccc2)c(C#N)c1C(=O)O[C@@H](C)C(=O)Nc1ccc(Cl)cn1. The molecule has 0 bridgehead atoms. The number of nitrogens with one attached hydrogen (secondary N) is 1. The van der Waals surface area contributed by atoms with Gasteiger partial charge in [0.15, 0.2) is 6.10 Å². The van der Waals surface area contributed by atoms with Gasteiger partial charge >= 0.3 is 5.97 Å². The lowest BCUT2D eigenvalue weighted by molar-refractivity contribution is -0.123. The molecule has 0 saturated heterocycles. The van der Waals surface area contributed by atoms with Crippen LogP contribution in [-0.2, 0) is 9.53 Å². The predicted octanol–water partition coefficient (Wildman–Crippen LogP) is 3.48. The second-order valence-electron chi connectivity index (χ2n) is 5.81. The summed E-state index contributed by atoms with van der Waals surface area (Å²) in [4.78, 5) is 28.8. The van der Waals surface area contributed by atoms with Gasteiger partial charge in [-0.05, 0) is 38.1 Å². The molecule has 1 atom stereocenters. The van der Waals surface area contributed by atoms with E-state index in [0.717, 1.165) is 0 Å². The van der Waals surface area contributed by atoms with E-state index in [1.54, 1.807) is 42.1 Å². The second-order valence-corrected chi connectivity index (χ2v) is 6.25. The highest BCUT2D eigenvalue weighted by Crippen LogP contribution is 2.26. The molecule has 0 radical (unpaired) electrons. The number of ether oxygens (including phenoxy) is 1. The number of anilines is 1.